The van der Waals surface area contributed by atoms with Gasteiger partial charge in [0.2, 0.25) is 0 Å². The first-order valence-electron chi connectivity index (χ1n) is 5.28. The highest BCUT2D eigenvalue weighted by Gasteiger charge is 2.24. The Morgan fingerprint density at radius 1 is 1.19 bits per heavy atom. The van der Waals surface area contributed by atoms with Crippen LogP contribution >= 0.6 is 11.8 Å². The van der Waals surface area contributed by atoms with Gasteiger partial charge < -0.3 is 5.32 Å². The molecule has 1 aromatic heterocycles. The number of benzene rings is 1. The molecule has 3 heteroatoms. The van der Waals surface area contributed by atoms with Gasteiger partial charge in [-0.2, -0.15) is 0 Å². The van der Waals surface area contributed by atoms with E-state index in [1.165, 1.54) is 16.1 Å². The number of aromatic nitrogens is 1. The summed E-state index contributed by atoms with van der Waals surface area (Å²) in [6.45, 7) is 2.10. The molecule has 0 bridgehead atoms. The van der Waals surface area contributed by atoms with E-state index in [2.05, 4.69) is 47.6 Å². The van der Waals surface area contributed by atoms with Crippen LogP contribution in [0.5, 0.6) is 0 Å². The second kappa shape index (κ2) is 3.83. The van der Waals surface area contributed by atoms with Crippen LogP contribution in [0.15, 0.2) is 47.5 Å². The van der Waals surface area contributed by atoms with Crippen molar-refractivity contribution in [2.75, 3.05) is 5.32 Å². The molecule has 0 saturated heterocycles. The largest absolute Gasteiger partial charge is 0.367 e. The molecular formula is C13H12N2S. The van der Waals surface area contributed by atoms with Crippen LogP contribution in [0.2, 0.25) is 0 Å². The fourth-order valence-corrected chi connectivity index (χ4v) is 3.09. The van der Waals surface area contributed by atoms with Crippen molar-refractivity contribution < 1.29 is 0 Å². The Morgan fingerprint density at radius 2 is 2.06 bits per heavy atom. The van der Waals surface area contributed by atoms with Gasteiger partial charge in [-0.1, -0.05) is 30.0 Å². The van der Waals surface area contributed by atoms with Crippen molar-refractivity contribution >= 4 is 17.4 Å². The number of hydrogen-bond acceptors (Lipinski definition) is 3. The number of rotatable bonds is 1. The Labute approximate surface area is 99.1 Å². The predicted molar refractivity (Wildman–Crippen MR) is 67.6 cm³/mol. The topological polar surface area (TPSA) is 24.9 Å². The first-order chi connectivity index (χ1) is 7.84. The summed E-state index contributed by atoms with van der Waals surface area (Å²) in [4.78, 5) is 5.76. The summed E-state index contributed by atoms with van der Waals surface area (Å²) in [6, 6.07) is 12.5. The van der Waals surface area contributed by atoms with Crippen LogP contribution in [0, 0.1) is 6.92 Å². The molecular weight excluding hydrogens is 216 g/mol. The van der Waals surface area contributed by atoms with E-state index in [1.807, 2.05) is 24.0 Å². The molecule has 80 valence electrons. The van der Waals surface area contributed by atoms with E-state index in [-0.39, 0.29) is 5.37 Å². The van der Waals surface area contributed by atoms with Crippen molar-refractivity contribution in [1.29, 1.82) is 0 Å². The zero-order valence-electron chi connectivity index (χ0n) is 8.97. The molecule has 3 rings (SSSR count). The van der Waals surface area contributed by atoms with Crippen LogP contribution < -0.4 is 5.32 Å². The monoisotopic (exact) mass is 228 g/mol. The summed E-state index contributed by atoms with van der Waals surface area (Å²) in [5, 5.41) is 3.74. The van der Waals surface area contributed by atoms with Crippen molar-refractivity contribution in [2.45, 2.75) is 17.2 Å². The summed E-state index contributed by atoms with van der Waals surface area (Å²) >= 11 is 1.83. The van der Waals surface area contributed by atoms with Gasteiger partial charge in [-0.05, 0) is 30.7 Å². The molecule has 0 saturated carbocycles. The molecule has 1 atom stereocenters. The molecule has 0 fully saturated rings. The molecule has 1 aromatic carbocycles. The average Bonchev–Trinajstić information content (AvgIpc) is 2.73. The highest BCUT2D eigenvalue weighted by atomic mass is 32.2. The summed E-state index contributed by atoms with van der Waals surface area (Å²) in [7, 11) is 0. The first-order valence-corrected chi connectivity index (χ1v) is 6.16. The molecule has 0 radical (unpaired) electrons. The van der Waals surface area contributed by atoms with Gasteiger partial charge in [0.1, 0.15) is 5.37 Å². The average molecular weight is 228 g/mol. The van der Waals surface area contributed by atoms with Crippen molar-refractivity contribution in [1.82, 2.24) is 4.98 Å². The molecule has 2 aromatic rings. The summed E-state index contributed by atoms with van der Waals surface area (Å²) in [6.07, 6.45) is 1.85. The van der Waals surface area contributed by atoms with Crippen molar-refractivity contribution in [2.24, 2.45) is 0 Å². The van der Waals surface area contributed by atoms with Crippen LogP contribution in [0.25, 0.3) is 0 Å². The normalized spacial score (nSPS) is 17.9. The van der Waals surface area contributed by atoms with E-state index in [4.69, 9.17) is 0 Å². The van der Waals surface area contributed by atoms with Gasteiger partial charge in [-0.25, -0.2) is 0 Å². The molecule has 0 amide bonds. The molecule has 1 aliphatic heterocycles. The lowest BCUT2D eigenvalue weighted by Gasteiger charge is -2.11. The predicted octanol–water partition coefficient (Wildman–Crippen LogP) is 3.61. The third kappa shape index (κ3) is 1.57. The number of fused-ring (bicyclic) bond motifs is 1. The fourth-order valence-electron chi connectivity index (χ4n) is 1.88. The zero-order chi connectivity index (χ0) is 11.0. The summed E-state index contributed by atoms with van der Waals surface area (Å²) < 4.78 is 0. The molecule has 16 heavy (non-hydrogen) atoms. The molecule has 1 aliphatic rings. The quantitative estimate of drug-likeness (QED) is 0.807. The number of nitrogens with one attached hydrogen (secondary N) is 1. The van der Waals surface area contributed by atoms with Crippen molar-refractivity contribution in [3.63, 3.8) is 0 Å². The van der Waals surface area contributed by atoms with Gasteiger partial charge in [-0.3, -0.25) is 4.98 Å². The minimum absolute atomic E-state index is 0.249. The SMILES string of the molecule is Cc1cccnc1C1Nc2ccccc2S1. The fraction of sp³-hybridized carbons (Fsp3) is 0.154. The number of anilines is 1. The number of nitrogens with zero attached hydrogens (tertiary/aromatic N) is 1. The maximum absolute atomic E-state index is 4.46. The van der Waals surface area contributed by atoms with Crippen LogP contribution in [0.3, 0.4) is 0 Å². The van der Waals surface area contributed by atoms with E-state index in [1.54, 1.807) is 0 Å². The lowest BCUT2D eigenvalue weighted by molar-refractivity contribution is 1.01. The first kappa shape index (κ1) is 9.73. The number of thioether (sulfide) groups is 1. The molecule has 2 heterocycles. The molecule has 1 N–H and O–H groups in total. The minimum Gasteiger partial charge on any atom is -0.367 e. The maximum atomic E-state index is 4.46. The van der Waals surface area contributed by atoms with Gasteiger partial charge in [0.15, 0.2) is 0 Å². The van der Waals surface area contributed by atoms with E-state index in [0.29, 0.717) is 0 Å². The molecule has 0 aliphatic carbocycles. The lowest BCUT2D eigenvalue weighted by Crippen LogP contribution is -2.05. The smallest absolute Gasteiger partial charge is 0.120 e. The third-order valence-electron chi connectivity index (χ3n) is 2.72. The Kier molecular flexibility index (Phi) is 2.33. The Balaban J connectivity index is 1.95. The van der Waals surface area contributed by atoms with Gasteiger partial charge in [0, 0.05) is 16.8 Å². The number of pyridine rings is 1. The number of aryl methyl sites for hydroxylation is 1. The molecule has 0 spiro atoms. The second-order valence-electron chi connectivity index (χ2n) is 3.84. The summed E-state index contributed by atoms with van der Waals surface area (Å²) in [5.74, 6) is 0. The van der Waals surface area contributed by atoms with Crippen molar-refractivity contribution in [3.05, 3.63) is 53.9 Å². The third-order valence-corrected chi connectivity index (χ3v) is 3.90. The van der Waals surface area contributed by atoms with Crippen LogP contribution in [0.4, 0.5) is 5.69 Å². The Bertz CT molecular complexity index is 500. The maximum Gasteiger partial charge on any atom is 0.120 e. The van der Waals surface area contributed by atoms with Gasteiger partial charge in [-0.15, -0.1) is 0 Å². The standard InChI is InChI=1S/C13H12N2S/c1-9-5-4-8-14-12(9)13-15-10-6-2-3-7-11(10)16-13/h2-8,13,15H,1H3. The zero-order valence-corrected chi connectivity index (χ0v) is 9.79. The van der Waals surface area contributed by atoms with Gasteiger partial charge >= 0.3 is 0 Å². The number of para-hydroxylation sites is 1. The molecule has 2 nitrogen and oxygen atoms in total. The van der Waals surface area contributed by atoms with Gasteiger partial charge in [0.05, 0.1) is 5.69 Å². The van der Waals surface area contributed by atoms with Crippen LogP contribution in [-0.2, 0) is 0 Å². The van der Waals surface area contributed by atoms with Crippen molar-refractivity contribution in [3.8, 4) is 0 Å². The van der Waals surface area contributed by atoms with E-state index >= 15 is 0 Å². The Morgan fingerprint density at radius 3 is 2.88 bits per heavy atom. The van der Waals surface area contributed by atoms with Gasteiger partial charge in [0.25, 0.3) is 0 Å². The van der Waals surface area contributed by atoms with Crippen LogP contribution in [-0.4, -0.2) is 4.98 Å². The summed E-state index contributed by atoms with van der Waals surface area (Å²) in [5.41, 5.74) is 3.58. The Hall–Kier alpha value is -1.48. The number of hydrogen-bond donors (Lipinski definition) is 1. The second-order valence-corrected chi connectivity index (χ2v) is 4.99. The van der Waals surface area contributed by atoms with E-state index < -0.39 is 0 Å². The van der Waals surface area contributed by atoms with E-state index in [0.717, 1.165) is 5.69 Å². The van der Waals surface area contributed by atoms with Crippen LogP contribution in [0.1, 0.15) is 16.6 Å². The highest BCUT2D eigenvalue weighted by Crippen LogP contribution is 2.46. The molecule has 1 unspecified atom stereocenters. The minimum atomic E-state index is 0.249. The van der Waals surface area contributed by atoms with E-state index in [9.17, 15) is 0 Å². The lowest BCUT2D eigenvalue weighted by atomic mass is 10.2. The highest BCUT2D eigenvalue weighted by molar-refractivity contribution is 8.00.